The lowest BCUT2D eigenvalue weighted by Gasteiger charge is -2.26. The zero-order valence-electron chi connectivity index (χ0n) is 26.9. The van der Waals surface area contributed by atoms with E-state index in [0.717, 1.165) is 54.7 Å². The zero-order valence-corrected chi connectivity index (χ0v) is 29.4. The molecule has 0 unspecified atom stereocenters. The summed E-state index contributed by atoms with van der Waals surface area (Å²) in [5, 5.41) is 0.940. The van der Waals surface area contributed by atoms with Gasteiger partial charge in [-0.3, -0.25) is 9.36 Å². The molecule has 1 aliphatic rings. The summed E-state index contributed by atoms with van der Waals surface area (Å²) in [6, 6.07) is 28.6. The van der Waals surface area contributed by atoms with Gasteiger partial charge in [-0.25, -0.2) is 8.42 Å². The number of hydrogen-bond donors (Lipinski definition) is 0. The van der Waals surface area contributed by atoms with Crippen LogP contribution < -0.4 is 24.2 Å². The standard InChI is InChI=1S/C38H37N3O4S3/c1-3-39-25-23-28(31-19-11-12-20-32(31)39)21-22-33-38(42)40(4-2)34(46-33)27-35-41(24-13-14-26-48(43,44)45)36(29-15-7-5-8-16-29)37(47-35)30-17-9-6-10-18-30/h5-12,15-23,25,27H,3-4,13-14,24,26H2,1-2H3/b28-21+,33-22+. The molecule has 2 aromatic heterocycles. The number of anilines is 1. The number of aromatic nitrogens is 2. The molecule has 0 bridgehead atoms. The topological polar surface area (TPSA) is 86.3 Å². The Bertz CT molecular complexity index is 2270. The Morgan fingerprint density at radius 3 is 2.21 bits per heavy atom. The first-order chi connectivity index (χ1) is 23.3. The van der Waals surface area contributed by atoms with Crippen molar-refractivity contribution in [3.63, 3.8) is 0 Å². The summed E-state index contributed by atoms with van der Waals surface area (Å²) in [6.07, 6.45) is 11.0. The highest BCUT2D eigenvalue weighted by Crippen LogP contribution is 2.36. The zero-order chi connectivity index (χ0) is 33.7. The van der Waals surface area contributed by atoms with E-state index >= 15 is 0 Å². The normalized spacial score (nSPS) is 14.6. The van der Waals surface area contributed by atoms with E-state index in [0.29, 0.717) is 24.0 Å². The van der Waals surface area contributed by atoms with E-state index in [-0.39, 0.29) is 12.0 Å². The van der Waals surface area contributed by atoms with Crippen LogP contribution >= 0.6 is 22.7 Å². The van der Waals surface area contributed by atoms with Gasteiger partial charge >= 0.3 is 0 Å². The number of para-hydroxylation sites is 1. The molecular weight excluding hydrogens is 659 g/mol. The van der Waals surface area contributed by atoms with Crippen LogP contribution in [-0.4, -0.2) is 29.8 Å². The van der Waals surface area contributed by atoms with Crippen LogP contribution in [0.15, 0.2) is 108 Å². The molecule has 0 spiro atoms. The Morgan fingerprint density at radius 2 is 1.52 bits per heavy atom. The van der Waals surface area contributed by atoms with Gasteiger partial charge in [0, 0.05) is 48.3 Å². The number of rotatable bonds is 11. The summed E-state index contributed by atoms with van der Waals surface area (Å²) in [5.74, 6) is -0.395. The molecule has 7 nitrogen and oxygen atoms in total. The maximum Gasteiger partial charge on any atom is 0.269 e. The van der Waals surface area contributed by atoms with E-state index < -0.39 is 15.9 Å². The minimum absolute atomic E-state index is 0.0378. The van der Waals surface area contributed by atoms with Crippen molar-refractivity contribution in [2.24, 2.45) is 0 Å². The molecule has 0 amide bonds. The number of thiazole rings is 2. The lowest BCUT2D eigenvalue weighted by atomic mass is 9.99. The molecule has 0 atom stereocenters. The molecule has 0 saturated carbocycles. The number of benzene rings is 3. The van der Waals surface area contributed by atoms with Crippen LogP contribution in [0, 0.1) is 0 Å². The monoisotopic (exact) mass is 695 g/mol. The molecule has 1 aliphatic heterocycles. The third-order valence-corrected chi connectivity index (χ3v) is 11.3. The quantitative estimate of drug-likeness (QED) is 0.0964. The first-order valence-electron chi connectivity index (χ1n) is 16.1. The Hall–Kier alpha value is -4.35. The molecule has 0 radical (unpaired) electrons. The van der Waals surface area contributed by atoms with Gasteiger partial charge in [-0.1, -0.05) is 84.1 Å². The Labute approximate surface area is 289 Å². The van der Waals surface area contributed by atoms with Crippen LogP contribution in [0.2, 0.25) is 0 Å². The molecule has 246 valence electrons. The van der Waals surface area contributed by atoms with Gasteiger partial charge in [0.05, 0.1) is 20.7 Å². The van der Waals surface area contributed by atoms with Crippen LogP contribution in [0.3, 0.4) is 0 Å². The number of fused-ring (bicyclic) bond motifs is 1. The van der Waals surface area contributed by atoms with Crippen molar-refractivity contribution in [3.8, 4) is 21.7 Å². The molecule has 0 saturated heterocycles. The summed E-state index contributed by atoms with van der Waals surface area (Å²) >= 11 is 3.10. The largest absolute Gasteiger partial charge is 0.748 e. The third kappa shape index (κ3) is 7.37. The number of unbranched alkanes of at least 4 members (excludes halogenated alkanes) is 1. The fourth-order valence-corrected chi connectivity index (χ4v) is 8.88. The highest BCUT2D eigenvalue weighted by molar-refractivity contribution is 7.85. The van der Waals surface area contributed by atoms with Crippen LogP contribution in [0.4, 0.5) is 5.69 Å². The second kappa shape index (κ2) is 14.8. The maximum atomic E-state index is 13.7. The van der Waals surface area contributed by atoms with Gasteiger partial charge in [0.25, 0.3) is 10.6 Å². The van der Waals surface area contributed by atoms with E-state index in [1.165, 1.54) is 11.3 Å². The maximum absolute atomic E-state index is 13.7. The van der Waals surface area contributed by atoms with Crippen LogP contribution in [0.5, 0.6) is 0 Å². The van der Waals surface area contributed by atoms with Crippen LogP contribution in [0.1, 0.15) is 37.3 Å². The van der Waals surface area contributed by atoms with Crippen molar-refractivity contribution < 1.29 is 17.5 Å². The van der Waals surface area contributed by atoms with Crippen molar-refractivity contribution in [1.29, 1.82) is 0 Å². The molecule has 48 heavy (non-hydrogen) atoms. The Balaban J connectivity index is 1.50. The fourth-order valence-electron chi connectivity index (χ4n) is 5.94. The van der Waals surface area contributed by atoms with Gasteiger partial charge in [-0.05, 0) is 61.8 Å². The highest BCUT2D eigenvalue weighted by Gasteiger charge is 2.28. The van der Waals surface area contributed by atoms with Gasteiger partial charge in [0.15, 0.2) is 6.54 Å². The summed E-state index contributed by atoms with van der Waals surface area (Å²) < 4.78 is 39.6. The fraction of sp³-hybridized carbons (Fsp3) is 0.211. The van der Waals surface area contributed by atoms with Crippen molar-refractivity contribution >= 4 is 56.2 Å². The van der Waals surface area contributed by atoms with Crippen molar-refractivity contribution in [2.75, 3.05) is 17.2 Å². The van der Waals surface area contributed by atoms with Gasteiger partial charge in [0.1, 0.15) is 9.54 Å². The van der Waals surface area contributed by atoms with Gasteiger partial charge in [0.2, 0.25) is 5.69 Å². The van der Waals surface area contributed by atoms with E-state index in [9.17, 15) is 17.8 Å². The predicted molar refractivity (Wildman–Crippen MR) is 197 cm³/mol. The average molecular weight is 696 g/mol. The van der Waals surface area contributed by atoms with Crippen LogP contribution in [-0.2, 0) is 23.2 Å². The van der Waals surface area contributed by atoms with Gasteiger partial charge in [-0.15, -0.1) is 11.3 Å². The SMILES string of the molecule is CCN1C=C/C(=C\C=c2\s/c(=C/c3sc(-c4ccccc4)c(-c4ccccc4)[n+]3CCCCS(=O)(=O)[O-])n(CC)c2=O)c2ccccc21. The smallest absolute Gasteiger partial charge is 0.269 e. The first kappa shape index (κ1) is 33.5. The molecular formula is C38H37N3O4S3. The summed E-state index contributed by atoms with van der Waals surface area (Å²) in [7, 11) is -4.30. The Morgan fingerprint density at radius 1 is 0.833 bits per heavy atom. The van der Waals surface area contributed by atoms with Gasteiger partial charge in [-0.2, -0.15) is 4.57 Å². The highest BCUT2D eigenvalue weighted by atomic mass is 32.2. The second-order valence-corrected chi connectivity index (χ2v) is 15.0. The first-order valence-corrected chi connectivity index (χ1v) is 19.3. The molecule has 0 fully saturated rings. The van der Waals surface area contributed by atoms with Crippen molar-refractivity contribution in [1.82, 2.24) is 4.57 Å². The predicted octanol–water partition coefficient (Wildman–Crippen LogP) is 5.98. The third-order valence-electron chi connectivity index (χ3n) is 8.28. The van der Waals surface area contributed by atoms with Crippen molar-refractivity contribution in [3.05, 3.63) is 133 Å². The van der Waals surface area contributed by atoms with Crippen LogP contribution in [0.25, 0.3) is 39.4 Å². The number of allylic oxidation sites excluding steroid dienone is 3. The van der Waals surface area contributed by atoms with E-state index in [2.05, 4.69) is 71.1 Å². The van der Waals surface area contributed by atoms with Gasteiger partial charge < -0.3 is 9.45 Å². The molecule has 5 aromatic rings. The minimum atomic E-state index is -4.30. The van der Waals surface area contributed by atoms with Crippen molar-refractivity contribution in [2.45, 2.75) is 39.8 Å². The minimum Gasteiger partial charge on any atom is -0.748 e. The molecule has 3 aromatic carbocycles. The summed E-state index contributed by atoms with van der Waals surface area (Å²) in [5.41, 5.74) is 6.41. The molecule has 6 rings (SSSR count). The molecule has 10 heteroatoms. The molecule has 0 aliphatic carbocycles. The van der Waals surface area contributed by atoms with E-state index in [1.807, 2.05) is 67.6 Å². The summed E-state index contributed by atoms with van der Waals surface area (Å²) in [6.45, 7) is 6.00. The average Bonchev–Trinajstić information content (AvgIpc) is 3.61. The Kier molecular flexibility index (Phi) is 10.4. The number of nitrogens with zero attached hydrogens (tertiary/aromatic N) is 3. The second-order valence-electron chi connectivity index (χ2n) is 11.4. The lowest BCUT2D eigenvalue weighted by molar-refractivity contribution is -0.683. The van der Waals surface area contributed by atoms with E-state index in [4.69, 9.17) is 0 Å². The van der Waals surface area contributed by atoms with E-state index in [1.54, 1.807) is 15.9 Å². The number of hydrogen-bond acceptors (Lipinski definition) is 7. The lowest BCUT2D eigenvalue weighted by Crippen LogP contribution is -2.38. The summed E-state index contributed by atoms with van der Waals surface area (Å²) in [4.78, 5) is 17.0. The molecule has 0 N–H and O–H groups in total. The molecule has 3 heterocycles.